The zero-order valence-electron chi connectivity index (χ0n) is 7.74. The predicted molar refractivity (Wildman–Crippen MR) is 48.3 cm³/mol. The Morgan fingerprint density at radius 1 is 1.15 bits per heavy atom. The van der Waals surface area contributed by atoms with Gasteiger partial charge >= 0.3 is 0 Å². The summed E-state index contributed by atoms with van der Waals surface area (Å²) in [6.45, 7) is 0. The Hall–Kier alpha value is -1.02. The predicted octanol–water partition coefficient (Wildman–Crippen LogP) is 2.48. The second-order valence-electron chi connectivity index (χ2n) is 4.35. The van der Waals surface area contributed by atoms with Gasteiger partial charge in [-0.25, -0.2) is 0 Å². The van der Waals surface area contributed by atoms with Gasteiger partial charge in [-0.15, -0.1) is 0 Å². The van der Waals surface area contributed by atoms with Crippen molar-refractivity contribution in [3.63, 3.8) is 0 Å². The Bertz CT molecular complexity index is 271. The van der Waals surface area contributed by atoms with Gasteiger partial charge in [0.25, 0.3) is 0 Å². The highest BCUT2D eigenvalue weighted by Crippen LogP contribution is 2.53. The molecule has 0 aromatic rings. The first-order valence-electron chi connectivity index (χ1n) is 5.13. The fourth-order valence-electron chi connectivity index (χ4n) is 3.26. The fraction of sp³-hybridized carbons (Fsp3) is 0.818. The first-order chi connectivity index (χ1) is 6.36. The van der Waals surface area contributed by atoms with Crippen LogP contribution in [-0.4, -0.2) is 0 Å². The molecule has 0 unspecified atom stereocenters. The number of fused-ring (bicyclic) bond motifs is 2. The summed E-state index contributed by atoms with van der Waals surface area (Å²) in [6.07, 6.45) is 5.40. The third kappa shape index (κ3) is 1.31. The minimum atomic E-state index is 0.270. The third-order valence-corrected chi connectivity index (χ3v) is 3.83. The van der Waals surface area contributed by atoms with Gasteiger partial charge in [-0.05, 0) is 43.4 Å². The molecular formula is C11H14N2. The van der Waals surface area contributed by atoms with Gasteiger partial charge in [0, 0.05) is 6.42 Å². The van der Waals surface area contributed by atoms with Crippen LogP contribution in [0.15, 0.2) is 0 Å². The maximum absolute atomic E-state index is 9.02. The van der Waals surface area contributed by atoms with Crippen LogP contribution in [0, 0.1) is 46.3 Å². The average Bonchev–Trinajstić information content (AvgIpc) is 2.73. The van der Waals surface area contributed by atoms with Crippen LogP contribution < -0.4 is 0 Å². The quantitative estimate of drug-likeness (QED) is 0.645. The summed E-state index contributed by atoms with van der Waals surface area (Å²) in [4.78, 5) is 0. The highest BCUT2D eigenvalue weighted by molar-refractivity contribution is 5.05. The summed E-state index contributed by atoms with van der Waals surface area (Å²) in [7, 11) is 0. The Labute approximate surface area is 79.2 Å². The maximum atomic E-state index is 9.02. The molecule has 0 aromatic carbocycles. The van der Waals surface area contributed by atoms with Gasteiger partial charge in [0.15, 0.2) is 0 Å². The maximum Gasteiger partial charge on any atom is 0.0661 e. The standard InChI is InChI=1S/C11H14N2/c12-5-1-2-10-8-3-4-9(6-8)11(10)7-13/h8-11H,1-4,6H2/t8-,9-,10+,11-/m1/s1. The van der Waals surface area contributed by atoms with Crippen molar-refractivity contribution in [3.05, 3.63) is 0 Å². The molecule has 0 radical (unpaired) electrons. The van der Waals surface area contributed by atoms with Crippen molar-refractivity contribution in [3.8, 4) is 12.1 Å². The molecule has 2 rings (SSSR count). The smallest absolute Gasteiger partial charge is 0.0661 e. The molecule has 0 aromatic heterocycles. The average molecular weight is 174 g/mol. The molecular weight excluding hydrogens is 160 g/mol. The Morgan fingerprint density at radius 2 is 1.92 bits per heavy atom. The lowest BCUT2D eigenvalue weighted by Gasteiger charge is -2.25. The molecule has 2 heteroatoms. The Kier molecular flexibility index (Phi) is 2.23. The number of rotatable bonds is 2. The van der Waals surface area contributed by atoms with Crippen molar-refractivity contribution in [1.29, 1.82) is 10.5 Å². The summed E-state index contributed by atoms with van der Waals surface area (Å²) in [6, 6.07) is 4.63. The lowest BCUT2D eigenvalue weighted by atomic mass is 9.78. The SMILES string of the molecule is N#CCC[C@H]1[C@@H]2CC[C@H](C2)[C@H]1C#N. The normalized spacial score (nSPS) is 41.4. The molecule has 0 heterocycles. The van der Waals surface area contributed by atoms with Gasteiger partial charge in [-0.2, -0.15) is 10.5 Å². The number of hydrogen-bond donors (Lipinski definition) is 0. The fourth-order valence-corrected chi connectivity index (χ4v) is 3.26. The highest BCUT2D eigenvalue weighted by Gasteiger charge is 2.47. The first kappa shape index (κ1) is 8.57. The molecule has 0 saturated heterocycles. The molecule has 0 aliphatic heterocycles. The molecule has 2 nitrogen and oxygen atoms in total. The minimum absolute atomic E-state index is 0.270. The summed E-state index contributed by atoms with van der Waals surface area (Å²) < 4.78 is 0. The van der Waals surface area contributed by atoms with Crippen molar-refractivity contribution in [2.45, 2.75) is 32.1 Å². The van der Waals surface area contributed by atoms with E-state index in [0.717, 1.165) is 12.3 Å². The Morgan fingerprint density at radius 3 is 2.62 bits per heavy atom. The van der Waals surface area contributed by atoms with E-state index in [0.29, 0.717) is 18.3 Å². The van der Waals surface area contributed by atoms with Crippen molar-refractivity contribution >= 4 is 0 Å². The molecule has 0 N–H and O–H groups in total. The molecule has 2 bridgehead atoms. The summed E-state index contributed by atoms with van der Waals surface area (Å²) >= 11 is 0. The zero-order valence-corrected chi connectivity index (χ0v) is 7.74. The van der Waals surface area contributed by atoms with E-state index in [1.54, 1.807) is 0 Å². The van der Waals surface area contributed by atoms with Crippen LogP contribution >= 0.6 is 0 Å². The molecule has 2 aliphatic rings. The molecule has 13 heavy (non-hydrogen) atoms. The van der Waals surface area contributed by atoms with E-state index in [1.807, 2.05) is 0 Å². The van der Waals surface area contributed by atoms with Crippen LogP contribution in [0.4, 0.5) is 0 Å². The van der Waals surface area contributed by atoms with Gasteiger partial charge in [-0.3, -0.25) is 0 Å². The van der Waals surface area contributed by atoms with Crippen molar-refractivity contribution < 1.29 is 0 Å². The zero-order chi connectivity index (χ0) is 9.26. The lowest BCUT2D eigenvalue weighted by Crippen LogP contribution is -2.20. The topological polar surface area (TPSA) is 47.6 Å². The molecule has 4 atom stereocenters. The van der Waals surface area contributed by atoms with Crippen molar-refractivity contribution in [2.75, 3.05) is 0 Å². The molecule has 2 saturated carbocycles. The van der Waals surface area contributed by atoms with Gasteiger partial charge in [0.1, 0.15) is 0 Å². The van der Waals surface area contributed by atoms with E-state index in [1.165, 1.54) is 19.3 Å². The molecule has 2 fully saturated rings. The van der Waals surface area contributed by atoms with Crippen molar-refractivity contribution in [2.24, 2.45) is 23.7 Å². The van der Waals surface area contributed by atoms with Crippen LogP contribution in [0.5, 0.6) is 0 Å². The number of nitriles is 2. The minimum Gasteiger partial charge on any atom is -0.198 e. The van der Waals surface area contributed by atoms with Gasteiger partial charge in [0.05, 0.1) is 18.1 Å². The molecule has 2 aliphatic carbocycles. The summed E-state index contributed by atoms with van der Waals surface area (Å²) in [5.74, 6) is 2.25. The molecule has 0 amide bonds. The van der Waals surface area contributed by atoms with Gasteiger partial charge < -0.3 is 0 Å². The van der Waals surface area contributed by atoms with E-state index in [-0.39, 0.29) is 5.92 Å². The van der Waals surface area contributed by atoms with Gasteiger partial charge in [0.2, 0.25) is 0 Å². The summed E-state index contributed by atoms with van der Waals surface area (Å²) in [5, 5.41) is 17.5. The first-order valence-corrected chi connectivity index (χ1v) is 5.13. The van der Waals surface area contributed by atoms with Gasteiger partial charge in [-0.1, -0.05) is 0 Å². The largest absolute Gasteiger partial charge is 0.198 e. The van der Waals surface area contributed by atoms with E-state index < -0.39 is 0 Å². The van der Waals surface area contributed by atoms with Crippen LogP contribution in [0.3, 0.4) is 0 Å². The van der Waals surface area contributed by atoms with E-state index in [9.17, 15) is 0 Å². The summed E-state index contributed by atoms with van der Waals surface area (Å²) in [5.41, 5.74) is 0. The van der Waals surface area contributed by atoms with Crippen molar-refractivity contribution in [1.82, 2.24) is 0 Å². The monoisotopic (exact) mass is 174 g/mol. The van der Waals surface area contributed by atoms with Crippen LogP contribution in [0.25, 0.3) is 0 Å². The molecule has 0 spiro atoms. The highest BCUT2D eigenvalue weighted by atomic mass is 14.5. The van der Waals surface area contributed by atoms with E-state index in [4.69, 9.17) is 10.5 Å². The van der Waals surface area contributed by atoms with E-state index in [2.05, 4.69) is 12.1 Å². The number of hydrogen-bond acceptors (Lipinski definition) is 2. The third-order valence-electron chi connectivity index (χ3n) is 3.83. The van der Waals surface area contributed by atoms with Crippen LogP contribution in [0.1, 0.15) is 32.1 Å². The number of nitrogens with zero attached hydrogens (tertiary/aromatic N) is 2. The molecule has 68 valence electrons. The van der Waals surface area contributed by atoms with Crippen LogP contribution in [-0.2, 0) is 0 Å². The lowest BCUT2D eigenvalue weighted by molar-refractivity contribution is 0.259. The second kappa shape index (κ2) is 3.38. The second-order valence-corrected chi connectivity index (χ2v) is 4.35. The van der Waals surface area contributed by atoms with Crippen LogP contribution in [0.2, 0.25) is 0 Å². The Balaban J connectivity index is 2.02. The van der Waals surface area contributed by atoms with E-state index >= 15 is 0 Å².